The highest BCUT2D eigenvalue weighted by Gasteiger charge is 2.23. The summed E-state index contributed by atoms with van der Waals surface area (Å²) in [5, 5.41) is 2.95. The van der Waals surface area contributed by atoms with Gasteiger partial charge in [0.05, 0.1) is 18.7 Å². The molecule has 2 unspecified atom stereocenters. The third-order valence-electron chi connectivity index (χ3n) is 3.50. The van der Waals surface area contributed by atoms with E-state index in [1.54, 1.807) is 6.07 Å². The molecule has 3 N–H and O–H groups in total. The Labute approximate surface area is 130 Å². The molecule has 1 aliphatic heterocycles. The molecule has 0 bridgehead atoms. The van der Waals surface area contributed by atoms with Crippen LogP contribution in [0.3, 0.4) is 0 Å². The lowest BCUT2D eigenvalue weighted by atomic mass is 10.0. The van der Waals surface area contributed by atoms with Crippen LogP contribution in [0, 0.1) is 5.82 Å². The van der Waals surface area contributed by atoms with Crippen LogP contribution in [0.5, 0.6) is 5.75 Å². The van der Waals surface area contributed by atoms with Crippen molar-refractivity contribution in [1.82, 2.24) is 5.32 Å². The third-order valence-corrected chi connectivity index (χ3v) is 3.50. The van der Waals surface area contributed by atoms with Crippen molar-refractivity contribution in [3.05, 3.63) is 29.6 Å². The molecule has 1 amide bonds. The molecule has 0 radical (unpaired) electrons. The first-order valence-electron chi connectivity index (χ1n) is 7.10. The molecule has 118 valence electrons. The van der Waals surface area contributed by atoms with Crippen LogP contribution in [0.2, 0.25) is 0 Å². The number of ether oxygens (including phenoxy) is 1. The lowest BCUT2D eigenvalue weighted by Gasteiger charge is -2.20. The summed E-state index contributed by atoms with van der Waals surface area (Å²) in [6, 6.07) is 3.77. The van der Waals surface area contributed by atoms with Gasteiger partial charge in [-0.2, -0.15) is 0 Å². The molecular formula is C15H22ClFN2O2. The molecule has 0 fully saturated rings. The highest BCUT2D eigenvalue weighted by Crippen LogP contribution is 2.32. The van der Waals surface area contributed by atoms with Crippen LogP contribution in [0.15, 0.2) is 18.2 Å². The predicted octanol–water partition coefficient (Wildman–Crippen LogP) is 2.70. The summed E-state index contributed by atoms with van der Waals surface area (Å²) in [4.78, 5) is 12.0. The zero-order valence-electron chi connectivity index (χ0n) is 12.1. The van der Waals surface area contributed by atoms with Crippen LogP contribution < -0.4 is 15.8 Å². The summed E-state index contributed by atoms with van der Waals surface area (Å²) < 4.78 is 18.8. The summed E-state index contributed by atoms with van der Waals surface area (Å²) in [7, 11) is 0. The number of hydrogen-bond donors (Lipinski definition) is 2. The maximum Gasteiger partial charge on any atom is 0.237 e. The van der Waals surface area contributed by atoms with Gasteiger partial charge in [-0.05, 0) is 25.3 Å². The summed E-state index contributed by atoms with van der Waals surface area (Å²) in [6.45, 7) is 2.52. The van der Waals surface area contributed by atoms with E-state index in [2.05, 4.69) is 5.32 Å². The van der Waals surface area contributed by atoms with Gasteiger partial charge in [-0.3, -0.25) is 4.79 Å². The van der Waals surface area contributed by atoms with Crippen LogP contribution in [0.4, 0.5) is 4.39 Å². The van der Waals surface area contributed by atoms with Crippen molar-refractivity contribution in [2.24, 2.45) is 5.73 Å². The van der Waals surface area contributed by atoms with Crippen LogP contribution in [0.1, 0.15) is 44.2 Å². The number of carbonyl (C=O) groups excluding carboxylic acids is 1. The summed E-state index contributed by atoms with van der Waals surface area (Å²) in [5.41, 5.74) is 6.65. The van der Waals surface area contributed by atoms with Gasteiger partial charge in [0.2, 0.25) is 5.91 Å². The van der Waals surface area contributed by atoms with Gasteiger partial charge in [0.15, 0.2) is 0 Å². The standard InChI is InChI=1S/C15H21FN2O2.ClH/c1-2-4-12(17)15(19)18-13-5-3-8-20-14-9-10(16)6-7-11(13)14;/h6-7,9,12-13H,2-5,8,17H2,1H3,(H,18,19);1H. The van der Waals surface area contributed by atoms with Gasteiger partial charge >= 0.3 is 0 Å². The van der Waals surface area contributed by atoms with Crippen LogP contribution >= 0.6 is 12.4 Å². The molecule has 1 heterocycles. The summed E-state index contributed by atoms with van der Waals surface area (Å²) in [5.74, 6) is 0.0179. The van der Waals surface area contributed by atoms with Gasteiger partial charge in [0, 0.05) is 11.6 Å². The summed E-state index contributed by atoms with van der Waals surface area (Å²) >= 11 is 0. The number of nitrogens with one attached hydrogen (secondary N) is 1. The van der Waals surface area contributed by atoms with E-state index < -0.39 is 6.04 Å². The Hall–Kier alpha value is -1.33. The number of carbonyl (C=O) groups is 1. The predicted molar refractivity (Wildman–Crippen MR) is 82.1 cm³/mol. The van der Waals surface area contributed by atoms with E-state index in [1.165, 1.54) is 12.1 Å². The van der Waals surface area contributed by atoms with E-state index in [0.29, 0.717) is 18.8 Å². The van der Waals surface area contributed by atoms with E-state index in [0.717, 1.165) is 24.8 Å². The topological polar surface area (TPSA) is 64.4 Å². The van der Waals surface area contributed by atoms with Crippen molar-refractivity contribution in [2.45, 2.75) is 44.7 Å². The molecular weight excluding hydrogens is 295 g/mol. The van der Waals surface area contributed by atoms with Crippen molar-refractivity contribution in [1.29, 1.82) is 0 Å². The SMILES string of the molecule is CCCC(N)C(=O)NC1CCCOc2cc(F)ccc21.Cl. The number of benzene rings is 1. The molecule has 1 aliphatic rings. The molecule has 1 aromatic carbocycles. The van der Waals surface area contributed by atoms with E-state index in [4.69, 9.17) is 10.5 Å². The highest BCUT2D eigenvalue weighted by atomic mass is 35.5. The maximum absolute atomic E-state index is 13.3. The molecule has 1 aromatic rings. The van der Waals surface area contributed by atoms with Crippen molar-refractivity contribution in [3.63, 3.8) is 0 Å². The monoisotopic (exact) mass is 316 g/mol. The van der Waals surface area contributed by atoms with Gasteiger partial charge in [-0.15, -0.1) is 12.4 Å². The number of rotatable bonds is 4. The Balaban J connectivity index is 0.00000220. The third kappa shape index (κ3) is 4.58. The first-order valence-corrected chi connectivity index (χ1v) is 7.10. The second-order valence-electron chi connectivity index (χ2n) is 5.13. The van der Waals surface area contributed by atoms with E-state index in [-0.39, 0.29) is 30.2 Å². The molecule has 2 atom stereocenters. The van der Waals surface area contributed by atoms with Gasteiger partial charge in [0.25, 0.3) is 0 Å². The molecule has 6 heteroatoms. The molecule has 0 saturated carbocycles. The molecule has 0 aliphatic carbocycles. The van der Waals surface area contributed by atoms with Crippen molar-refractivity contribution >= 4 is 18.3 Å². The highest BCUT2D eigenvalue weighted by molar-refractivity contribution is 5.85. The van der Waals surface area contributed by atoms with Gasteiger partial charge in [-0.1, -0.05) is 19.4 Å². The minimum Gasteiger partial charge on any atom is -0.493 e. The van der Waals surface area contributed by atoms with Gasteiger partial charge < -0.3 is 15.8 Å². The van der Waals surface area contributed by atoms with Crippen molar-refractivity contribution in [2.75, 3.05) is 6.61 Å². The quantitative estimate of drug-likeness (QED) is 0.897. The van der Waals surface area contributed by atoms with Crippen LogP contribution in [-0.2, 0) is 4.79 Å². The zero-order chi connectivity index (χ0) is 14.5. The van der Waals surface area contributed by atoms with E-state index in [1.807, 2.05) is 6.92 Å². The molecule has 2 rings (SSSR count). The minimum absolute atomic E-state index is 0. The van der Waals surface area contributed by atoms with Gasteiger partial charge in [-0.25, -0.2) is 4.39 Å². The number of fused-ring (bicyclic) bond motifs is 1. The molecule has 0 aromatic heterocycles. The van der Waals surface area contributed by atoms with Crippen molar-refractivity contribution < 1.29 is 13.9 Å². The fourth-order valence-electron chi connectivity index (χ4n) is 2.42. The Kier molecular flexibility index (Phi) is 6.92. The van der Waals surface area contributed by atoms with Gasteiger partial charge in [0.1, 0.15) is 11.6 Å². The first-order chi connectivity index (χ1) is 9.61. The second-order valence-corrected chi connectivity index (χ2v) is 5.13. The average Bonchev–Trinajstić information content (AvgIpc) is 2.61. The average molecular weight is 317 g/mol. The number of hydrogen-bond acceptors (Lipinski definition) is 3. The van der Waals surface area contributed by atoms with E-state index >= 15 is 0 Å². The minimum atomic E-state index is -0.493. The Morgan fingerprint density at radius 2 is 2.33 bits per heavy atom. The zero-order valence-corrected chi connectivity index (χ0v) is 12.9. The number of halogens is 2. The Bertz CT molecular complexity index is 485. The smallest absolute Gasteiger partial charge is 0.237 e. The number of amides is 1. The molecule has 21 heavy (non-hydrogen) atoms. The molecule has 0 spiro atoms. The molecule has 0 saturated heterocycles. The fourth-order valence-corrected chi connectivity index (χ4v) is 2.42. The Morgan fingerprint density at radius 1 is 1.57 bits per heavy atom. The van der Waals surface area contributed by atoms with E-state index in [9.17, 15) is 9.18 Å². The lowest BCUT2D eigenvalue weighted by molar-refractivity contribution is -0.123. The Morgan fingerprint density at radius 3 is 3.05 bits per heavy atom. The number of nitrogens with two attached hydrogens (primary N) is 1. The maximum atomic E-state index is 13.3. The summed E-state index contributed by atoms with van der Waals surface area (Å²) in [6.07, 6.45) is 3.10. The fraction of sp³-hybridized carbons (Fsp3) is 0.533. The van der Waals surface area contributed by atoms with Crippen LogP contribution in [-0.4, -0.2) is 18.6 Å². The van der Waals surface area contributed by atoms with Crippen molar-refractivity contribution in [3.8, 4) is 5.75 Å². The first kappa shape index (κ1) is 17.7. The largest absolute Gasteiger partial charge is 0.493 e. The van der Waals surface area contributed by atoms with Crippen LogP contribution in [0.25, 0.3) is 0 Å². The molecule has 4 nitrogen and oxygen atoms in total. The second kappa shape index (κ2) is 8.20. The lowest BCUT2D eigenvalue weighted by Crippen LogP contribution is -2.42. The normalized spacial score (nSPS) is 18.5.